The molecule has 1 fully saturated rings. The first kappa shape index (κ1) is 18.3. The Balaban J connectivity index is 1.59. The van der Waals surface area contributed by atoms with E-state index in [0.717, 1.165) is 10.9 Å². The Hall–Kier alpha value is -2.48. The van der Waals surface area contributed by atoms with Crippen molar-refractivity contribution in [1.29, 1.82) is 0 Å². The summed E-state index contributed by atoms with van der Waals surface area (Å²) in [6, 6.07) is 8.78. The molecule has 0 spiro atoms. The lowest BCUT2D eigenvalue weighted by molar-refractivity contribution is 0.189. The first-order chi connectivity index (χ1) is 12.6. The van der Waals surface area contributed by atoms with Crippen molar-refractivity contribution in [2.75, 3.05) is 32.6 Å². The van der Waals surface area contributed by atoms with Crippen molar-refractivity contribution in [3.8, 4) is 17.4 Å². The van der Waals surface area contributed by atoms with Crippen molar-refractivity contribution in [3.05, 3.63) is 41.0 Å². The maximum absolute atomic E-state index is 12.5. The molecule has 1 aliphatic heterocycles. The Bertz CT molecular complexity index is 787. The van der Waals surface area contributed by atoms with Gasteiger partial charge in [0.1, 0.15) is 6.10 Å². The largest absolute Gasteiger partial charge is 0.493 e. The number of amides is 2. The number of rotatable bonds is 5. The minimum absolute atomic E-state index is 0.0858. The third-order valence-electron chi connectivity index (χ3n) is 4.07. The lowest BCUT2D eigenvalue weighted by Gasteiger charge is -2.18. The van der Waals surface area contributed by atoms with Gasteiger partial charge in [-0.2, -0.15) is 0 Å². The first-order valence-electron chi connectivity index (χ1n) is 8.16. The summed E-state index contributed by atoms with van der Waals surface area (Å²) in [6.07, 6.45) is 2.34. The number of ether oxygens (including phenoxy) is 3. The monoisotopic (exact) mass is 421 g/mol. The average Bonchev–Trinajstić information content (AvgIpc) is 3.12. The number of likely N-dealkylation sites (tertiary alicyclic amines) is 1. The number of carbonyl (C=O) groups excluding carboxylic acids is 1. The second kappa shape index (κ2) is 8.27. The number of anilines is 1. The van der Waals surface area contributed by atoms with Gasteiger partial charge in [-0.1, -0.05) is 0 Å². The SMILES string of the molecule is COc1ccc(NC(=O)N2CCC(Oc3ncccc3Br)C2)cc1OC. The second-order valence-electron chi connectivity index (χ2n) is 5.76. The molecule has 2 heterocycles. The van der Waals surface area contributed by atoms with E-state index in [1.54, 1.807) is 43.5 Å². The standard InChI is InChI=1S/C18H20BrN3O4/c1-24-15-6-5-12(10-16(15)25-2)21-18(23)22-9-7-13(11-22)26-17-14(19)4-3-8-20-17/h3-6,8,10,13H,7,9,11H2,1-2H3,(H,21,23). The highest BCUT2D eigenvalue weighted by Crippen LogP contribution is 2.30. The maximum Gasteiger partial charge on any atom is 0.321 e. The van der Waals surface area contributed by atoms with Crippen LogP contribution in [0.5, 0.6) is 17.4 Å². The van der Waals surface area contributed by atoms with Gasteiger partial charge in [-0.25, -0.2) is 9.78 Å². The van der Waals surface area contributed by atoms with Crippen LogP contribution in [0.1, 0.15) is 6.42 Å². The number of methoxy groups -OCH3 is 2. The van der Waals surface area contributed by atoms with Gasteiger partial charge in [0, 0.05) is 30.9 Å². The zero-order valence-electron chi connectivity index (χ0n) is 14.6. The Morgan fingerprint density at radius 2 is 2.08 bits per heavy atom. The average molecular weight is 422 g/mol. The van der Waals surface area contributed by atoms with Crippen molar-refractivity contribution in [3.63, 3.8) is 0 Å². The van der Waals surface area contributed by atoms with Crippen molar-refractivity contribution >= 4 is 27.6 Å². The zero-order valence-corrected chi connectivity index (χ0v) is 16.2. The second-order valence-corrected chi connectivity index (χ2v) is 6.62. The van der Waals surface area contributed by atoms with Gasteiger partial charge in [-0.15, -0.1) is 0 Å². The molecule has 26 heavy (non-hydrogen) atoms. The van der Waals surface area contributed by atoms with Crippen LogP contribution in [0.2, 0.25) is 0 Å². The van der Waals surface area contributed by atoms with E-state index in [4.69, 9.17) is 14.2 Å². The van der Waals surface area contributed by atoms with E-state index in [1.165, 1.54) is 0 Å². The molecule has 2 aromatic rings. The smallest absolute Gasteiger partial charge is 0.321 e. The molecule has 3 rings (SSSR count). The predicted octanol–water partition coefficient (Wildman–Crippen LogP) is 3.55. The van der Waals surface area contributed by atoms with Crippen LogP contribution in [0.3, 0.4) is 0 Å². The molecule has 0 aliphatic carbocycles. The van der Waals surface area contributed by atoms with Gasteiger partial charge in [0.15, 0.2) is 11.5 Å². The minimum atomic E-state index is -0.177. The van der Waals surface area contributed by atoms with E-state index in [0.29, 0.717) is 36.2 Å². The van der Waals surface area contributed by atoms with Crippen LogP contribution in [-0.2, 0) is 0 Å². The molecule has 2 amide bonds. The minimum Gasteiger partial charge on any atom is -0.493 e. The molecule has 1 aromatic carbocycles. The van der Waals surface area contributed by atoms with Crippen LogP contribution in [0.15, 0.2) is 41.0 Å². The van der Waals surface area contributed by atoms with E-state index < -0.39 is 0 Å². The number of halogens is 1. The summed E-state index contributed by atoms with van der Waals surface area (Å²) in [5.41, 5.74) is 0.643. The number of nitrogens with zero attached hydrogens (tertiary/aromatic N) is 2. The summed E-state index contributed by atoms with van der Waals surface area (Å²) in [4.78, 5) is 18.4. The molecule has 0 saturated carbocycles. The van der Waals surface area contributed by atoms with Gasteiger partial charge in [-0.3, -0.25) is 0 Å². The van der Waals surface area contributed by atoms with Crippen LogP contribution in [0.4, 0.5) is 10.5 Å². The summed E-state index contributed by atoms with van der Waals surface area (Å²) in [5.74, 6) is 1.72. The Morgan fingerprint density at radius 1 is 1.27 bits per heavy atom. The molecular formula is C18H20BrN3O4. The third kappa shape index (κ3) is 4.19. The number of urea groups is 1. The summed E-state index contributed by atoms with van der Waals surface area (Å²) in [6.45, 7) is 1.12. The fraction of sp³-hybridized carbons (Fsp3) is 0.333. The molecule has 138 valence electrons. The lowest BCUT2D eigenvalue weighted by atomic mass is 10.3. The van der Waals surface area contributed by atoms with Gasteiger partial charge < -0.3 is 24.4 Å². The lowest BCUT2D eigenvalue weighted by Crippen LogP contribution is -2.34. The quantitative estimate of drug-likeness (QED) is 0.798. The van der Waals surface area contributed by atoms with Crippen LogP contribution in [0, 0.1) is 0 Å². The maximum atomic E-state index is 12.5. The number of carbonyl (C=O) groups is 1. The fourth-order valence-electron chi connectivity index (χ4n) is 2.74. The summed E-state index contributed by atoms with van der Waals surface area (Å²) in [7, 11) is 3.13. The zero-order chi connectivity index (χ0) is 18.5. The molecule has 1 unspecified atom stereocenters. The highest BCUT2D eigenvalue weighted by atomic mass is 79.9. The molecule has 1 aromatic heterocycles. The van der Waals surface area contributed by atoms with Crippen molar-refractivity contribution in [1.82, 2.24) is 9.88 Å². The number of nitrogens with one attached hydrogen (secondary N) is 1. The summed E-state index contributed by atoms with van der Waals surface area (Å²) >= 11 is 3.41. The highest BCUT2D eigenvalue weighted by molar-refractivity contribution is 9.10. The normalized spacial score (nSPS) is 16.3. The fourth-order valence-corrected chi connectivity index (χ4v) is 3.09. The molecule has 0 bridgehead atoms. The van der Waals surface area contributed by atoms with Crippen molar-refractivity contribution in [2.45, 2.75) is 12.5 Å². The number of hydrogen-bond donors (Lipinski definition) is 1. The van der Waals surface area contributed by atoms with E-state index in [1.807, 2.05) is 12.1 Å². The first-order valence-corrected chi connectivity index (χ1v) is 8.95. The highest BCUT2D eigenvalue weighted by Gasteiger charge is 2.28. The van der Waals surface area contributed by atoms with Gasteiger partial charge in [0.25, 0.3) is 0 Å². The molecule has 1 aliphatic rings. The molecule has 0 radical (unpaired) electrons. The summed E-state index contributed by atoms with van der Waals surface area (Å²) in [5, 5.41) is 2.88. The van der Waals surface area contributed by atoms with Crippen LogP contribution in [-0.4, -0.2) is 49.3 Å². The van der Waals surface area contributed by atoms with E-state index in [-0.39, 0.29) is 12.1 Å². The molecule has 1 atom stereocenters. The van der Waals surface area contributed by atoms with Crippen LogP contribution < -0.4 is 19.5 Å². The third-order valence-corrected chi connectivity index (χ3v) is 4.67. The van der Waals surface area contributed by atoms with Gasteiger partial charge in [-0.05, 0) is 40.2 Å². The van der Waals surface area contributed by atoms with Crippen LogP contribution >= 0.6 is 15.9 Å². The van der Waals surface area contributed by atoms with Crippen molar-refractivity contribution in [2.24, 2.45) is 0 Å². The van der Waals surface area contributed by atoms with Gasteiger partial charge in [0.05, 0.1) is 25.2 Å². The number of hydrogen-bond acceptors (Lipinski definition) is 5. The number of pyridine rings is 1. The molecule has 1 N–H and O–H groups in total. The molecule has 8 heteroatoms. The molecule has 1 saturated heterocycles. The topological polar surface area (TPSA) is 72.9 Å². The van der Waals surface area contributed by atoms with Crippen LogP contribution in [0.25, 0.3) is 0 Å². The Kier molecular flexibility index (Phi) is 5.82. The number of benzene rings is 1. The Labute approximate surface area is 160 Å². The molecular weight excluding hydrogens is 402 g/mol. The predicted molar refractivity (Wildman–Crippen MR) is 101 cm³/mol. The Morgan fingerprint density at radius 3 is 2.81 bits per heavy atom. The van der Waals surface area contributed by atoms with Gasteiger partial charge >= 0.3 is 6.03 Å². The van der Waals surface area contributed by atoms with E-state index >= 15 is 0 Å². The van der Waals surface area contributed by atoms with E-state index in [2.05, 4.69) is 26.2 Å². The summed E-state index contributed by atoms with van der Waals surface area (Å²) < 4.78 is 17.1. The van der Waals surface area contributed by atoms with Crippen molar-refractivity contribution < 1.29 is 19.0 Å². The van der Waals surface area contributed by atoms with E-state index in [9.17, 15) is 4.79 Å². The van der Waals surface area contributed by atoms with Gasteiger partial charge in [0.2, 0.25) is 5.88 Å². The molecule has 7 nitrogen and oxygen atoms in total. The number of aromatic nitrogens is 1.